The van der Waals surface area contributed by atoms with Gasteiger partial charge in [0, 0.05) is 18.0 Å². The van der Waals surface area contributed by atoms with Crippen LogP contribution in [0, 0.1) is 16.7 Å². The third-order valence-electron chi connectivity index (χ3n) is 6.82. The summed E-state index contributed by atoms with van der Waals surface area (Å²) in [7, 11) is 0. The van der Waals surface area contributed by atoms with Gasteiger partial charge in [0.2, 0.25) is 0 Å². The highest BCUT2D eigenvalue weighted by atomic mass is 16.5. The second kappa shape index (κ2) is 16.8. The Bertz CT molecular complexity index is 918. The van der Waals surface area contributed by atoms with Crippen molar-refractivity contribution in [3.63, 3.8) is 0 Å². The Kier molecular flexibility index (Phi) is 13.8. The summed E-state index contributed by atoms with van der Waals surface area (Å²) in [5.41, 5.74) is 0.912. The van der Waals surface area contributed by atoms with Gasteiger partial charge in [-0.3, -0.25) is 0 Å². The van der Waals surface area contributed by atoms with E-state index in [4.69, 9.17) is 4.74 Å². The molecule has 2 aromatic rings. The summed E-state index contributed by atoms with van der Waals surface area (Å²) in [6.45, 7) is 6.02. The lowest BCUT2D eigenvalue weighted by atomic mass is 9.86. The molecule has 0 bridgehead atoms. The van der Waals surface area contributed by atoms with E-state index in [1.54, 1.807) is 19.1 Å². The molecule has 1 atom stereocenters. The number of aryl methyl sites for hydroxylation is 1. The van der Waals surface area contributed by atoms with Crippen molar-refractivity contribution in [3.05, 3.63) is 42.2 Å². The Balaban J connectivity index is 1.75. The smallest absolute Gasteiger partial charge is 0.331 e. The predicted octanol–water partition coefficient (Wildman–Crippen LogP) is 8.62. The van der Waals surface area contributed by atoms with Crippen molar-refractivity contribution >= 4 is 5.97 Å². The molecule has 0 saturated carbocycles. The van der Waals surface area contributed by atoms with Gasteiger partial charge in [-0.2, -0.15) is 5.26 Å². The number of ether oxygens (including phenoxy) is 1. The molecule has 1 unspecified atom stereocenters. The third kappa shape index (κ3) is 10.5. The largest absolute Gasteiger partial charge is 0.425 e. The summed E-state index contributed by atoms with van der Waals surface area (Å²) in [6, 6.07) is 9.30. The van der Waals surface area contributed by atoms with Crippen molar-refractivity contribution in [2.45, 2.75) is 117 Å². The molecule has 36 heavy (non-hydrogen) atoms. The quantitative estimate of drug-likeness (QED) is 0.118. The Morgan fingerprint density at radius 2 is 1.36 bits per heavy atom. The number of nitriles is 1. The lowest BCUT2D eigenvalue weighted by Crippen LogP contribution is -2.30. The minimum Gasteiger partial charge on any atom is -0.425 e. The minimum absolute atomic E-state index is 0.429. The van der Waals surface area contributed by atoms with E-state index in [1.165, 1.54) is 69.8 Å². The van der Waals surface area contributed by atoms with Crippen molar-refractivity contribution in [3.8, 4) is 23.2 Å². The molecule has 1 aromatic heterocycles. The average molecular weight is 492 g/mol. The maximum Gasteiger partial charge on any atom is 0.331 e. The fourth-order valence-corrected chi connectivity index (χ4v) is 4.27. The number of hydrogen-bond acceptors (Lipinski definition) is 5. The predicted molar refractivity (Wildman–Crippen MR) is 147 cm³/mol. The fraction of sp³-hybridized carbons (Fsp3) is 0.613. The summed E-state index contributed by atoms with van der Waals surface area (Å²) < 4.78 is 5.51. The van der Waals surface area contributed by atoms with Crippen molar-refractivity contribution in [2.75, 3.05) is 0 Å². The van der Waals surface area contributed by atoms with E-state index < -0.39 is 11.4 Å². The first kappa shape index (κ1) is 29.5. The Morgan fingerprint density at radius 3 is 1.92 bits per heavy atom. The average Bonchev–Trinajstić information content (AvgIpc) is 2.90. The van der Waals surface area contributed by atoms with Gasteiger partial charge in [0.15, 0.2) is 11.2 Å². The summed E-state index contributed by atoms with van der Waals surface area (Å²) >= 11 is 0. The summed E-state index contributed by atoms with van der Waals surface area (Å²) in [5, 5.41) is 9.52. The number of rotatable bonds is 18. The fourth-order valence-electron chi connectivity index (χ4n) is 4.27. The summed E-state index contributed by atoms with van der Waals surface area (Å²) in [4.78, 5) is 21.7. The van der Waals surface area contributed by atoms with Gasteiger partial charge in [-0.05, 0) is 56.0 Å². The number of carbonyl (C=O) groups is 1. The molecule has 0 saturated heterocycles. The van der Waals surface area contributed by atoms with Crippen LogP contribution in [0.15, 0.2) is 36.7 Å². The van der Waals surface area contributed by atoms with Crippen molar-refractivity contribution in [2.24, 2.45) is 5.41 Å². The monoisotopic (exact) mass is 491 g/mol. The molecular weight excluding hydrogens is 446 g/mol. The molecule has 0 spiro atoms. The van der Waals surface area contributed by atoms with Crippen molar-refractivity contribution in [1.82, 2.24) is 9.97 Å². The molecular formula is C31H45N3O2. The molecule has 0 aliphatic rings. The number of unbranched alkanes of at least 4 members (excludes halogenated alkanes) is 11. The zero-order chi connectivity index (χ0) is 26.1. The number of esters is 1. The maximum atomic E-state index is 12.6. The minimum atomic E-state index is -1.12. The number of nitrogens with zero attached hydrogens (tertiary/aromatic N) is 3. The van der Waals surface area contributed by atoms with Crippen molar-refractivity contribution < 1.29 is 9.53 Å². The van der Waals surface area contributed by atoms with Crippen molar-refractivity contribution in [1.29, 1.82) is 5.26 Å². The number of aromatic nitrogens is 2. The van der Waals surface area contributed by atoms with Gasteiger partial charge in [0.25, 0.3) is 0 Å². The number of benzene rings is 1. The first-order valence-corrected chi connectivity index (χ1v) is 14.1. The van der Waals surface area contributed by atoms with Crippen LogP contribution in [0.2, 0.25) is 0 Å². The van der Waals surface area contributed by atoms with Crippen LogP contribution in [0.1, 0.15) is 116 Å². The Hall–Kier alpha value is -2.74. The topological polar surface area (TPSA) is 75.9 Å². The maximum absolute atomic E-state index is 12.6. The van der Waals surface area contributed by atoms with E-state index in [2.05, 4.69) is 29.9 Å². The van der Waals surface area contributed by atoms with Gasteiger partial charge < -0.3 is 4.74 Å². The second-order valence-corrected chi connectivity index (χ2v) is 10.2. The van der Waals surface area contributed by atoms with E-state index in [0.29, 0.717) is 18.0 Å². The van der Waals surface area contributed by atoms with Crippen LogP contribution in [0.3, 0.4) is 0 Å². The number of carbonyl (C=O) groups excluding carboxylic acids is 1. The first-order valence-electron chi connectivity index (χ1n) is 14.1. The second-order valence-electron chi connectivity index (χ2n) is 10.2. The van der Waals surface area contributed by atoms with Crippen LogP contribution in [0.25, 0.3) is 11.4 Å². The van der Waals surface area contributed by atoms with E-state index in [9.17, 15) is 10.1 Å². The highest BCUT2D eigenvalue weighted by Crippen LogP contribution is 2.28. The van der Waals surface area contributed by atoms with Gasteiger partial charge >= 0.3 is 5.97 Å². The summed E-state index contributed by atoms with van der Waals surface area (Å²) in [5.74, 6) is 0.584. The van der Waals surface area contributed by atoms with Crippen LogP contribution >= 0.6 is 0 Å². The van der Waals surface area contributed by atoms with Crippen LogP contribution < -0.4 is 4.74 Å². The molecule has 5 nitrogen and oxygen atoms in total. The van der Waals surface area contributed by atoms with Gasteiger partial charge in [-0.15, -0.1) is 0 Å². The number of hydrogen-bond donors (Lipinski definition) is 0. The molecule has 0 aliphatic heterocycles. The molecule has 196 valence electrons. The van der Waals surface area contributed by atoms with E-state index in [-0.39, 0.29) is 0 Å². The highest BCUT2D eigenvalue weighted by Gasteiger charge is 2.35. The molecule has 5 heteroatoms. The van der Waals surface area contributed by atoms with Crippen LogP contribution in [-0.2, 0) is 11.2 Å². The molecule has 0 fully saturated rings. The molecule has 1 aromatic carbocycles. The van der Waals surface area contributed by atoms with Crippen LogP contribution in [-0.4, -0.2) is 15.9 Å². The Labute approximate surface area is 218 Å². The Morgan fingerprint density at radius 1 is 0.833 bits per heavy atom. The molecule has 0 N–H and O–H groups in total. The van der Waals surface area contributed by atoms with E-state index in [1.807, 2.05) is 24.5 Å². The SMILES string of the molecule is CCCCCCCCCCCCc1cnc(-c2ccc(OC(=O)C(C)(C#N)CCCCC)cc2)nc1. The van der Waals surface area contributed by atoms with Gasteiger partial charge in [-0.1, -0.05) is 90.9 Å². The molecule has 2 rings (SSSR count). The van der Waals surface area contributed by atoms with Gasteiger partial charge in [0.05, 0.1) is 6.07 Å². The lowest BCUT2D eigenvalue weighted by molar-refractivity contribution is -0.142. The highest BCUT2D eigenvalue weighted by molar-refractivity contribution is 5.81. The zero-order valence-electron chi connectivity index (χ0n) is 22.7. The standard InChI is InChI=1S/C31H45N3O2/c1-4-6-8-9-10-11-12-13-14-15-17-26-23-33-29(34-24-26)27-18-20-28(21-19-27)36-30(35)31(3,25-32)22-16-7-5-2/h18-21,23-24H,4-17,22H2,1-3H3. The van der Waals surface area contributed by atoms with Crippen LogP contribution in [0.5, 0.6) is 5.75 Å². The lowest BCUT2D eigenvalue weighted by Gasteiger charge is -2.19. The van der Waals surface area contributed by atoms with Gasteiger partial charge in [0.1, 0.15) is 5.75 Å². The normalized spacial score (nSPS) is 12.6. The first-order chi connectivity index (χ1) is 17.5. The summed E-state index contributed by atoms with van der Waals surface area (Å²) in [6.07, 6.45) is 21.6. The van der Waals surface area contributed by atoms with Crippen LogP contribution in [0.4, 0.5) is 0 Å². The molecule has 0 radical (unpaired) electrons. The van der Waals surface area contributed by atoms with E-state index in [0.717, 1.165) is 31.2 Å². The molecule has 1 heterocycles. The van der Waals surface area contributed by atoms with Gasteiger partial charge in [-0.25, -0.2) is 14.8 Å². The zero-order valence-corrected chi connectivity index (χ0v) is 22.7. The third-order valence-corrected chi connectivity index (χ3v) is 6.82. The van der Waals surface area contributed by atoms with E-state index >= 15 is 0 Å². The molecule has 0 amide bonds. The molecule has 0 aliphatic carbocycles.